The number of halogens is 2. The van der Waals surface area contributed by atoms with Crippen molar-refractivity contribution in [3.05, 3.63) is 76.0 Å². The molecule has 0 aliphatic carbocycles. The van der Waals surface area contributed by atoms with Crippen LogP contribution in [0.2, 0.25) is 10.0 Å². The van der Waals surface area contributed by atoms with Gasteiger partial charge >= 0.3 is 5.97 Å². The predicted octanol–water partition coefficient (Wildman–Crippen LogP) is 5.13. The van der Waals surface area contributed by atoms with Crippen LogP contribution in [-0.4, -0.2) is 17.0 Å². The topological polar surface area (TPSA) is 79.5 Å². The number of carboxylic acids is 1. The van der Waals surface area contributed by atoms with E-state index in [-0.39, 0.29) is 12.2 Å². The monoisotopic (exact) mass is 389 g/mol. The SMILES string of the molecule is O=C(O)Cc1ccc(NC(=O)c2ccc(-c3ccc(Cl)c(Cl)c3)o2)cc1. The van der Waals surface area contributed by atoms with Crippen molar-refractivity contribution in [1.82, 2.24) is 0 Å². The van der Waals surface area contributed by atoms with E-state index in [0.717, 1.165) is 0 Å². The molecule has 0 spiro atoms. The average Bonchev–Trinajstić information content (AvgIpc) is 3.09. The molecular formula is C19H13Cl2NO4. The summed E-state index contributed by atoms with van der Waals surface area (Å²) in [5.41, 5.74) is 1.89. The van der Waals surface area contributed by atoms with Crippen molar-refractivity contribution in [3.8, 4) is 11.3 Å². The normalized spacial score (nSPS) is 10.5. The maximum atomic E-state index is 12.3. The summed E-state index contributed by atoms with van der Waals surface area (Å²) in [5, 5.41) is 12.3. The summed E-state index contributed by atoms with van der Waals surface area (Å²) < 4.78 is 5.58. The van der Waals surface area contributed by atoms with Crippen molar-refractivity contribution in [2.24, 2.45) is 0 Å². The standard InChI is InChI=1S/C19H13Cl2NO4/c20-14-6-3-12(10-15(14)21)16-7-8-17(26-16)19(25)22-13-4-1-11(2-5-13)9-18(23)24/h1-8,10H,9H2,(H,22,25)(H,23,24). The van der Waals surface area contributed by atoms with Crippen molar-refractivity contribution >= 4 is 40.8 Å². The Morgan fingerprint density at radius 3 is 2.35 bits per heavy atom. The Kier molecular flexibility index (Phi) is 5.30. The quantitative estimate of drug-likeness (QED) is 0.633. The first kappa shape index (κ1) is 18.0. The van der Waals surface area contributed by atoms with Gasteiger partial charge in [-0.25, -0.2) is 0 Å². The summed E-state index contributed by atoms with van der Waals surface area (Å²) in [4.78, 5) is 23.0. The summed E-state index contributed by atoms with van der Waals surface area (Å²) >= 11 is 11.9. The van der Waals surface area contributed by atoms with Gasteiger partial charge in [-0.1, -0.05) is 35.3 Å². The van der Waals surface area contributed by atoms with Crippen molar-refractivity contribution in [1.29, 1.82) is 0 Å². The Bertz CT molecular complexity index is 964. The Morgan fingerprint density at radius 1 is 0.962 bits per heavy atom. The molecule has 3 rings (SSSR count). The van der Waals surface area contributed by atoms with Gasteiger partial charge in [0, 0.05) is 11.3 Å². The number of carbonyl (C=O) groups excluding carboxylic acids is 1. The first-order valence-corrected chi connectivity index (χ1v) is 8.35. The Hall–Kier alpha value is -2.76. The minimum Gasteiger partial charge on any atom is -0.481 e. The molecule has 0 saturated carbocycles. The molecule has 0 unspecified atom stereocenters. The second kappa shape index (κ2) is 7.64. The molecule has 0 bridgehead atoms. The number of nitrogens with one attached hydrogen (secondary N) is 1. The second-order valence-electron chi connectivity index (χ2n) is 5.51. The first-order chi connectivity index (χ1) is 12.4. The zero-order valence-electron chi connectivity index (χ0n) is 13.3. The Balaban J connectivity index is 1.71. The molecular weight excluding hydrogens is 377 g/mol. The fraction of sp³-hybridized carbons (Fsp3) is 0.0526. The zero-order chi connectivity index (χ0) is 18.7. The van der Waals surface area contributed by atoms with E-state index in [9.17, 15) is 9.59 Å². The van der Waals surface area contributed by atoms with E-state index in [1.54, 1.807) is 54.6 Å². The zero-order valence-corrected chi connectivity index (χ0v) is 14.8. The number of furan rings is 1. The van der Waals surface area contributed by atoms with E-state index in [2.05, 4.69) is 5.32 Å². The highest BCUT2D eigenvalue weighted by Crippen LogP contribution is 2.29. The van der Waals surface area contributed by atoms with Gasteiger partial charge in [0.25, 0.3) is 5.91 Å². The van der Waals surface area contributed by atoms with Gasteiger partial charge in [0.05, 0.1) is 16.5 Å². The number of amides is 1. The van der Waals surface area contributed by atoms with Gasteiger partial charge in [-0.15, -0.1) is 0 Å². The Morgan fingerprint density at radius 2 is 1.69 bits per heavy atom. The van der Waals surface area contributed by atoms with Crippen LogP contribution in [0, 0.1) is 0 Å². The maximum Gasteiger partial charge on any atom is 0.307 e. The van der Waals surface area contributed by atoms with Crippen molar-refractivity contribution < 1.29 is 19.1 Å². The van der Waals surface area contributed by atoms with Gasteiger partial charge in [-0.2, -0.15) is 0 Å². The van der Waals surface area contributed by atoms with E-state index in [4.69, 9.17) is 32.7 Å². The van der Waals surface area contributed by atoms with Crippen LogP contribution in [0.15, 0.2) is 59.0 Å². The first-order valence-electron chi connectivity index (χ1n) is 7.60. The molecule has 2 N–H and O–H groups in total. The minimum absolute atomic E-state index is 0.0700. The predicted molar refractivity (Wildman–Crippen MR) is 99.9 cm³/mol. The van der Waals surface area contributed by atoms with Crippen LogP contribution in [0.4, 0.5) is 5.69 Å². The van der Waals surface area contributed by atoms with Crippen molar-refractivity contribution in [3.63, 3.8) is 0 Å². The molecule has 1 amide bonds. The van der Waals surface area contributed by atoms with Gasteiger partial charge in [0.2, 0.25) is 0 Å². The molecule has 26 heavy (non-hydrogen) atoms. The third-order valence-electron chi connectivity index (χ3n) is 3.60. The van der Waals surface area contributed by atoms with Crippen LogP contribution in [0.3, 0.4) is 0 Å². The van der Waals surface area contributed by atoms with Crippen LogP contribution in [0.5, 0.6) is 0 Å². The van der Waals surface area contributed by atoms with Crippen LogP contribution < -0.4 is 5.32 Å². The number of carboxylic acid groups (broad SMARTS) is 1. The number of rotatable bonds is 5. The lowest BCUT2D eigenvalue weighted by Gasteiger charge is -2.04. The molecule has 5 nitrogen and oxygen atoms in total. The molecule has 0 radical (unpaired) electrons. The molecule has 1 aromatic heterocycles. The molecule has 0 atom stereocenters. The number of carbonyl (C=O) groups is 2. The van der Waals surface area contributed by atoms with Gasteiger partial charge in [-0.05, 0) is 48.0 Å². The summed E-state index contributed by atoms with van der Waals surface area (Å²) in [6.07, 6.45) is -0.0700. The number of hydrogen-bond donors (Lipinski definition) is 2. The summed E-state index contributed by atoms with van der Waals surface area (Å²) in [6.45, 7) is 0. The average molecular weight is 390 g/mol. The molecule has 0 aliphatic rings. The van der Waals surface area contributed by atoms with Gasteiger partial charge in [-0.3, -0.25) is 9.59 Å². The van der Waals surface area contributed by atoms with Crippen molar-refractivity contribution in [2.45, 2.75) is 6.42 Å². The Labute approximate surface area is 159 Å². The number of hydrogen-bond acceptors (Lipinski definition) is 3. The largest absolute Gasteiger partial charge is 0.481 e. The highest BCUT2D eigenvalue weighted by Gasteiger charge is 2.13. The van der Waals surface area contributed by atoms with Crippen LogP contribution in [-0.2, 0) is 11.2 Å². The lowest BCUT2D eigenvalue weighted by molar-refractivity contribution is -0.136. The number of benzene rings is 2. The summed E-state index contributed by atoms with van der Waals surface area (Å²) in [7, 11) is 0. The van der Waals surface area contributed by atoms with E-state index >= 15 is 0 Å². The molecule has 132 valence electrons. The summed E-state index contributed by atoms with van der Waals surface area (Å²) in [5.74, 6) is -0.694. The third-order valence-corrected chi connectivity index (χ3v) is 4.34. The van der Waals surface area contributed by atoms with Crippen LogP contribution in [0.1, 0.15) is 16.1 Å². The number of aliphatic carboxylic acids is 1. The maximum absolute atomic E-state index is 12.3. The minimum atomic E-state index is -0.910. The molecule has 7 heteroatoms. The fourth-order valence-corrected chi connectivity index (χ4v) is 2.64. The third kappa shape index (κ3) is 4.25. The highest BCUT2D eigenvalue weighted by atomic mass is 35.5. The molecule has 1 heterocycles. The highest BCUT2D eigenvalue weighted by molar-refractivity contribution is 6.42. The van der Waals surface area contributed by atoms with Crippen LogP contribution in [0.25, 0.3) is 11.3 Å². The van der Waals surface area contributed by atoms with Gasteiger partial charge in [0.1, 0.15) is 5.76 Å². The lowest BCUT2D eigenvalue weighted by Crippen LogP contribution is -2.10. The lowest BCUT2D eigenvalue weighted by atomic mass is 10.1. The van der Waals surface area contributed by atoms with E-state index in [1.807, 2.05) is 0 Å². The fourth-order valence-electron chi connectivity index (χ4n) is 2.34. The van der Waals surface area contributed by atoms with Gasteiger partial charge < -0.3 is 14.8 Å². The van der Waals surface area contributed by atoms with E-state index in [1.165, 1.54) is 0 Å². The van der Waals surface area contributed by atoms with E-state index in [0.29, 0.717) is 32.6 Å². The molecule has 0 aliphatic heterocycles. The van der Waals surface area contributed by atoms with Gasteiger partial charge in [0.15, 0.2) is 5.76 Å². The molecule has 0 fully saturated rings. The van der Waals surface area contributed by atoms with Crippen LogP contribution >= 0.6 is 23.2 Å². The van der Waals surface area contributed by atoms with E-state index < -0.39 is 11.9 Å². The molecule has 3 aromatic rings. The van der Waals surface area contributed by atoms with Crippen molar-refractivity contribution in [2.75, 3.05) is 5.32 Å². The summed E-state index contributed by atoms with van der Waals surface area (Å²) in [6, 6.07) is 14.9. The second-order valence-corrected chi connectivity index (χ2v) is 6.33. The number of anilines is 1. The molecule has 0 saturated heterocycles. The molecule has 2 aromatic carbocycles. The smallest absolute Gasteiger partial charge is 0.307 e.